The first kappa shape index (κ1) is 13.5. The van der Waals surface area contributed by atoms with E-state index in [0.29, 0.717) is 5.92 Å². The maximum absolute atomic E-state index is 11.8. The highest BCUT2D eigenvalue weighted by atomic mass is 16.6. The van der Waals surface area contributed by atoms with Gasteiger partial charge < -0.3 is 14.8 Å². The van der Waals surface area contributed by atoms with Gasteiger partial charge in [-0.15, -0.1) is 0 Å². The maximum Gasteiger partial charge on any atom is 0.323 e. The molecule has 94 valence electrons. The summed E-state index contributed by atoms with van der Waals surface area (Å²) in [4.78, 5) is 11.8. The molecule has 1 N–H and O–H groups in total. The molecule has 1 heterocycles. The number of hydrogen-bond donors (Lipinski definition) is 1. The average Bonchev–Trinajstić information content (AvgIpc) is 2.16. The molecule has 0 radical (unpaired) electrons. The second-order valence-electron chi connectivity index (χ2n) is 5.39. The third kappa shape index (κ3) is 4.49. The molecule has 16 heavy (non-hydrogen) atoms. The molecular weight excluding hydrogens is 206 g/mol. The van der Waals surface area contributed by atoms with Crippen LogP contribution in [0, 0.1) is 5.92 Å². The molecule has 1 saturated heterocycles. The minimum absolute atomic E-state index is 0.145. The van der Waals surface area contributed by atoms with E-state index in [1.165, 1.54) is 0 Å². The van der Waals surface area contributed by atoms with Gasteiger partial charge in [-0.05, 0) is 46.1 Å². The van der Waals surface area contributed by atoms with Crippen LogP contribution in [0.1, 0.15) is 33.6 Å². The number of hydrogen-bond acceptors (Lipinski definition) is 4. The molecule has 2 atom stereocenters. The van der Waals surface area contributed by atoms with Crippen molar-refractivity contribution in [3.05, 3.63) is 0 Å². The van der Waals surface area contributed by atoms with Crippen molar-refractivity contribution in [3.8, 4) is 0 Å². The van der Waals surface area contributed by atoms with Crippen LogP contribution in [0.3, 0.4) is 0 Å². The Labute approximate surface area is 97.7 Å². The van der Waals surface area contributed by atoms with E-state index in [4.69, 9.17) is 9.47 Å². The number of carbonyl (C=O) groups is 1. The Balaban J connectivity index is 2.44. The van der Waals surface area contributed by atoms with Crippen LogP contribution in [0.25, 0.3) is 0 Å². The van der Waals surface area contributed by atoms with Crippen LogP contribution in [-0.4, -0.2) is 37.9 Å². The zero-order chi connectivity index (χ0) is 12.2. The lowest BCUT2D eigenvalue weighted by Crippen LogP contribution is -2.47. The van der Waals surface area contributed by atoms with Crippen molar-refractivity contribution in [2.24, 2.45) is 5.92 Å². The number of methoxy groups -OCH3 is 1. The molecule has 0 amide bonds. The Bertz CT molecular complexity index is 233. The normalized spacial score (nSPS) is 26.5. The summed E-state index contributed by atoms with van der Waals surface area (Å²) in [6.07, 6.45) is 1.87. The zero-order valence-corrected chi connectivity index (χ0v) is 10.7. The average molecular weight is 229 g/mol. The Morgan fingerprint density at radius 3 is 2.69 bits per heavy atom. The highest BCUT2D eigenvalue weighted by Crippen LogP contribution is 2.19. The number of ether oxygens (including phenoxy) is 2. The quantitative estimate of drug-likeness (QED) is 0.742. The molecule has 0 saturated carbocycles. The fraction of sp³-hybridized carbons (Fsp3) is 0.917. The largest absolute Gasteiger partial charge is 0.459 e. The monoisotopic (exact) mass is 229 g/mol. The van der Waals surface area contributed by atoms with Gasteiger partial charge >= 0.3 is 5.97 Å². The Morgan fingerprint density at radius 2 is 2.12 bits per heavy atom. The molecule has 1 rings (SSSR count). The lowest BCUT2D eigenvalue weighted by atomic mass is 9.93. The molecule has 0 aromatic carbocycles. The molecule has 1 fully saturated rings. The number of nitrogens with one attached hydrogen (secondary N) is 1. The van der Waals surface area contributed by atoms with E-state index in [-0.39, 0.29) is 12.0 Å². The van der Waals surface area contributed by atoms with E-state index in [9.17, 15) is 4.79 Å². The van der Waals surface area contributed by atoms with Crippen LogP contribution in [-0.2, 0) is 14.3 Å². The topological polar surface area (TPSA) is 47.6 Å². The van der Waals surface area contributed by atoms with Gasteiger partial charge in [-0.3, -0.25) is 4.79 Å². The van der Waals surface area contributed by atoms with Crippen molar-refractivity contribution < 1.29 is 14.3 Å². The predicted molar refractivity (Wildman–Crippen MR) is 62.2 cm³/mol. The first-order valence-electron chi connectivity index (χ1n) is 5.87. The smallest absolute Gasteiger partial charge is 0.323 e. The van der Waals surface area contributed by atoms with Gasteiger partial charge in [0.2, 0.25) is 0 Å². The summed E-state index contributed by atoms with van der Waals surface area (Å²) >= 11 is 0. The van der Waals surface area contributed by atoms with Gasteiger partial charge in [-0.2, -0.15) is 0 Å². The summed E-state index contributed by atoms with van der Waals surface area (Å²) < 4.78 is 10.5. The summed E-state index contributed by atoms with van der Waals surface area (Å²) in [5.41, 5.74) is -0.410. The summed E-state index contributed by atoms with van der Waals surface area (Å²) in [5, 5.41) is 3.20. The third-order valence-electron chi connectivity index (χ3n) is 2.61. The van der Waals surface area contributed by atoms with Gasteiger partial charge in [0, 0.05) is 13.7 Å². The Hall–Kier alpha value is -0.610. The lowest BCUT2D eigenvalue weighted by molar-refractivity contribution is -0.158. The van der Waals surface area contributed by atoms with E-state index in [1.807, 2.05) is 20.8 Å². The van der Waals surface area contributed by atoms with Crippen LogP contribution >= 0.6 is 0 Å². The number of rotatable bonds is 3. The Kier molecular flexibility index (Phi) is 4.74. The highest BCUT2D eigenvalue weighted by molar-refractivity contribution is 5.76. The standard InChI is InChI=1S/C12H23NO3/c1-12(2,3)16-11(14)10-7-9(8-15-4)5-6-13-10/h9-10,13H,5-8H2,1-4H3. The number of carbonyl (C=O) groups excluding carboxylic acids is 1. The van der Waals surface area contributed by atoms with Crippen LogP contribution in [0.4, 0.5) is 0 Å². The van der Waals surface area contributed by atoms with E-state index >= 15 is 0 Å². The summed E-state index contributed by atoms with van der Waals surface area (Å²) in [6, 6.07) is -0.173. The van der Waals surface area contributed by atoms with Crippen molar-refractivity contribution in [1.82, 2.24) is 5.32 Å². The van der Waals surface area contributed by atoms with Crippen LogP contribution in [0.5, 0.6) is 0 Å². The molecular formula is C12H23NO3. The fourth-order valence-electron chi connectivity index (χ4n) is 1.94. The van der Waals surface area contributed by atoms with Crippen molar-refractivity contribution in [2.75, 3.05) is 20.3 Å². The third-order valence-corrected chi connectivity index (χ3v) is 2.61. The van der Waals surface area contributed by atoms with Gasteiger partial charge in [0.15, 0.2) is 0 Å². The molecule has 0 aliphatic carbocycles. The SMILES string of the molecule is COCC1CCNC(C(=O)OC(C)(C)C)C1. The van der Waals surface area contributed by atoms with Crippen molar-refractivity contribution in [3.63, 3.8) is 0 Å². The molecule has 0 bridgehead atoms. The minimum Gasteiger partial charge on any atom is -0.459 e. The molecule has 4 nitrogen and oxygen atoms in total. The molecule has 1 aliphatic heterocycles. The van der Waals surface area contributed by atoms with E-state index < -0.39 is 5.60 Å². The molecule has 0 aromatic rings. The Morgan fingerprint density at radius 1 is 1.44 bits per heavy atom. The minimum atomic E-state index is -0.410. The first-order chi connectivity index (χ1) is 7.42. The lowest BCUT2D eigenvalue weighted by Gasteiger charge is -2.30. The molecule has 0 spiro atoms. The fourth-order valence-corrected chi connectivity index (χ4v) is 1.94. The van der Waals surface area contributed by atoms with Crippen LogP contribution in [0.15, 0.2) is 0 Å². The molecule has 0 aromatic heterocycles. The van der Waals surface area contributed by atoms with E-state index in [1.54, 1.807) is 7.11 Å². The maximum atomic E-state index is 11.8. The van der Waals surface area contributed by atoms with Gasteiger partial charge in [0.25, 0.3) is 0 Å². The van der Waals surface area contributed by atoms with E-state index in [0.717, 1.165) is 26.0 Å². The van der Waals surface area contributed by atoms with Gasteiger partial charge in [0.05, 0.1) is 0 Å². The van der Waals surface area contributed by atoms with Gasteiger partial charge in [-0.25, -0.2) is 0 Å². The predicted octanol–water partition coefficient (Wildman–Crippen LogP) is 1.34. The van der Waals surface area contributed by atoms with Crippen molar-refractivity contribution in [1.29, 1.82) is 0 Å². The van der Waals surface area contributed by atoms with E-state index in [2.05, 4.69) is 5.32 Å². The van der Waals surface area contributed by atoms with Crippen molar-refractivity contribution in [2.45, 2.75) is 45.3 Å². The summed E-state index contributed by atoms with van der Waals surface area (Å²) in [6.45, 7) is 7.25. The van der Waals surface area contributed by atoms with Crippen LogP contribution in [0.2, 0.25) is 0 Å². The number of esters is 1. The second kappa shape index (κ2) is 5.64. The number of piperidine rings is 1. The summed E-state index contributed by atoms with van der Waals surface area (Å²) in [7, 11) is 1.70. The van der Waals surface area contributed by atoms with Crippen LogP contribution < -0.4 is 5.32 Å². The highest BCUT2D eigenvalue weighted by Gasteiger charge is 2.30. The molecule has 2 unspecified atom stereocenters. The molecule has 4 heteroatoms. The van der Waals surface area contributed by atoms with Gasteiger partial charge in [0.1, 0.15) is 11.6 Å². The van der Waals surface area contributed by atoms with Crippen molar-refractivity contribution >= 4 is 5.97 Å². The first-order valence-corrected chi connectivity index (χ1v) is 5.87. The second-order valence-corrected chi connectivity index (χ2v) is 5.39. The summed E-state index contributed by atoms with van der Waals surface area (Å²) in [5.74, 6) is 0.317. The zero-order valence-electron chi connectivity index (χ0n) is 10.7. The van der Waals surface area contributed by atoms with Gasteiger partial charge in [-0.1, -0.05) is 0 Å². The molecule has 1 aliphatic rings.